The molecule has 1 aliphatic heterocycles. The number of benzene rings is 3. The molecule has 1 N–H and O–H groups in total. The van der Waals surface area contributed by atoms with Gasteiger partial charge in [0.1, 0.15) is 5.82 Å². The molecule has 5 rings (SSSR count). The maximum Gasteiger partial charge on any atom is 0.209 e. The maximum absolute atomic E-state index is 13.4. The molecule has 1 aliphatic rings. The monoisotopic (exact) mass is 419 g/mol. The minimum absolute atomic E-state index is 0.0220. The van der Waals surface area contributed by atoms with E-state index in [1.807, 2.05) is 30.3 Å². The molecule has 2 heterocycles. The van der Waals surface area contributed by atoms with E-state index in [0.29, 0.717) is 0 Å². The highest BCUT2D eigenvalue weighted by molar-refractivity contribution is 9.10. The molecule has 0 saturated carbocycles. The topological polar surface area (TPSA) is 29.9 Å². The maximum atomic E-state index is 13.4. The first-order valence-corrected chi connectivity index (χ1v) is 9.45. The van der Waals surface area contributed by atoms with Gasteiger partial charge in [-0.05, 0) is 65.7 Å². The van der Waals surface area contributed by atoms with E-state index in [4.69, 9.17) is 4.98 Å². The van der Waals surface area contributed by atoms with Gasteiger partial charge in [-0.25, -0.2) is 9.37 Å². The van der Waals surface area contributed by atoms with Crippen molar-refractivity contribution < 1.29 is 4.39 Å². The number of para-hydroxylation sites is 2. The van der Waals surface area contributed by atoms with Crippen molar-refractivity contribution in [3.05, 3.63) is 100 Å². The molecule has 1 aromatic heterocycles. The average molecular weight is 420 g/mol. The molecule has 0 radical (unpaired) electrons. The summed E-state index contributed by atoms with van der Waals surface area (Å²) in [6.07, 6.45) is 2.16. The molecule has 1 atom stereocenters. The lowest BCUT2D eigenvalue weighted by Crippen LogP contribution is -2.19. The summed E-state index contributed by atoms with van der Waals surface area (Å²) >= 11 is 3.57. The van der Waals surface area contributed by atoms with Crippen molar-refractivity contribution in [2.45, 2.75) is 6.04 Å². The van der Waals surface area contributed by atoms with E-state index in [0.717, 1.165) is 38.3 Å². The molecule has 5 heteroatoms. The number of anilines is 1. The van der Waals surface area contributed by atoms with Crippen LogP contribution in [0.1, 0.15) is 17.2 Å². The summed E-state index contributed by atoms with van der Waals surface area (Å²) in [6.45, 7) is 0. The van der Waals surface area contributed by atoms with Gasteiger partial charge in [0.25, 0.3) is 0 Å². The van der Waals surface area contributed by atoms with Crippen molar-refractivity contribution in [1.29, 1.82) is 0 Å². The van der Waals surface area contributed by atoms with E-state index >= 15 is 0 Å². The molecule has 0 aliphatic carbocycles. The van der Waals surface area contributed by atoms with Crippen LogP contribution in [-0.2, 0) is 0 Å². The van der Waals surface area contributed by atoms with Crippen LogP contribution < -0.4 is 5.32 Å². The van der Waals surface area contributed by atoms with Crippen LogP contribution in [0.5, 0.6) is 0 Å². The summed E-state index contributed by atoms with van der Waals surface area (Å²) in [5.74, 6) is 0.536. The summed E-state index contributed by atoms with van der Waals surface area (Å²) < 4.78 is 16.6. The Morgan fingerprint density at radius 2 is 1.78 bits per heavy atom. The van der Waals surface area contributed by atoms with Crippen LogP contribution in [0.25, 0.3) is 16.7 Å². The number of nitrogens with one attached hydrogen (secondary N) is 1. The van der Waals surface area contributed by atoms with Crippen LogP contribution in [0.15, 0.2) is 83.3 Å². The number of aromatic nitrogens is 2. The molecule has 27 heavy (non-hydrogen) atoms. The number of imidazole rings is 1. The highest BCUT2D eigenvalue weighted by atomic mass is 79.9. The summed E-state index contributed by atoms with van der Waals surface area (Å²) in [6, 6.07) is 22.9. The van der Waals surface area contributed by atoms with E-state index in [2.05, 4.69) is 50.1 Å². The Hall–Kier alpha value is -2.92. The quantitative estimate of drug-likeness (QED) is 0.432. The molecule has 0 amide bonds. The molecule has 132 valence electrons. The lowest BCUT2D eigenvalue weighted by molar-refractivity contribution is 0.627. The molecule has 0 spiro atoms. The van der Waals surface area contributed by atoms with Crippen LogP contribution in [0.3, 0.4) is 0 Å². The molecule has 0 bridgehead atoms. The van der Waals surface area contributed by atoms with Crippen molar-refractivity contribution in [2.24, 2.45) is 0 Å². The standard InChI is InChI=1S/C22H15BrFN3/c23-16-5-3-4-15(12-16)21-13-19(14-8-10-17(24)11-9-14)26-22-25-18-6-1-2-7-20(18)27(21)22/h1-13,21H,(H,25,26). The third-order valence-corrected chi connectivity index (χ3v) is 5.28. The molecule has 3 aromatic carbocycles. The van der Waals surface area contributed by atoms with Gasteiger partial charge in [0, 0.05) is 10.2 Å². The summed E-state index contributed by atoms with van der Waals surface area (Å²) in [5, 5.41) is 3.42. The van der Waals surface area contributed by atoms with Gasteiger partial charge in [0.05, 0.1) is 17.1 Å². The minimum Gasteiger partial charge on any atom is -0.325 e. The van der Waals surface area contributed by atoms with E-state index in [-0.39, 0.29) is 11.9 Å². The van der Waals surface area contributed by atoms with Crippen molar-refractivity contribution >= 4 is 38.6 Å². The van der Waals surface area contributed by atoms with E-state index in [1.54, 1.807) is 12.1 Å². The predicted octanol–water partition coefficient (Wildman–Crippen LogP) is 5.99. The number of hydrogen-bond donors (Lipinski definition) is 1. The fraction of sp³-hybridized carbons (Fsp3) is 0.0455. The van der Waals surface area contributed by atoms with Crippen molar-refractivity contribution in [2.75, 3.05) is 5.32 Å². The van der Waals surface area contributed by atoms with Gasteiger partial charge in [-0.15, -0.1) is 0 Å². The first-order chi connectivity index (χ1) is 13.2. The van der Waals surface area contributed by atoms with Gasteiger partial charge < -0.3 is 5.32 Å². The van der Waals surface area contributed by atoms with E-state index in [1.165, 1.54) is 12.1 Å². The lowest BCUT2D eigenvalue weighted by Gasteiger charge is -2.26. The van der Waals surface area contributed by atoms with Crippen LogP contribution >= 0.6 is 15.9 Å². The van der Waals surface area contributed by atoms with Gasteiger partial charge in [-0.1, -0.05) is 40.2 Å². The number of rotatable bonds is 2. The second-order valence-electron chi connectivity index (χ2n) is 6.51. The molecular formula is C22H15BrFN3. The fourth-order valence-electron chi connectivity index (χ4n) is 3.54. The van der Waals surface area contributed by atoms with Crippen molar-refractivity contribution in [3.8, 4) is 0 Å². The highest BCUT2D eigenvalue weighted by Crippen LogP contribution is 2.37. The zero-order valence-corrected chi connectivity index (χ0v) is 15.8. The first-order valence-electron chi connectivity index (χ1n) is 8.66. The Balaban J connectivity index is 1.72. The second-order valence-corrected chi connectivity index (χ2v) is 7.42. The molecule has 0 saturated heterocycles. The molecular weight excluding hydrogens is 405 g/mol. The Morgan fingerprint density at radius 3 is 2.59 bits per heavy atom. The Kier molecular flexibility index (Phi) is 3.83. The zero-order valence-electron chi connectivity index (χ0n) is 14.2. The van der Waals surface area contributed by atoms with Crippen LogP contribution in [0.4, 0.5) is 10.3 Å². The second kappa shape index (κ2) is 6.35. The SMILES string of the molecule is Fc1ccc(C2=CC(c3cccc(Br)c3)n3c(nc4ccccc43)N2)cc1. The van der Waals surface area contributed by atoms with Gasteiger partial charge in [-0.3, -0.25) is 4.57 Å². The van der Waals surface area contributed by atoms with Gasteiger partial charge in [0.15, 0.2) is 0 Å². The average Bonchev–Trinajstić information content (AvgIpc) is 3.06. The number of nitrogens with zero attached hydrogens (tertiary/aromatic N) is 2. The minimum atomic E-state index is -0.245. The molecule has 0 fully saturated rings. The molecule has 3 nitrogen and oxygen atoms in total. The van der Waals surface area contributed by atoms with E-state index < -0.39 is 0 Å². The predicted molar refractivity (Wildman–Crippen MR) is 110 cm³/mol. The summed E-state index contributed by atoms with van der Waals surface area (Å²) in [5.41, 5.74) is 5.00. The Morgan fingerprint density at radius 1 is 0.963 bits per heavy atom. The summed E-state index contributed by atoms with van der Waals surface area (Å²) in [7, 11) is 0. The normalized spacial score (nSPS) is 15.9. The lowest BCUT2D eigenvalue weighted by atomic mass is 10.0. The largest absolute Gasteiger partial charge is 0.325 e. The van der Waals surface area contributed by atoms with Crippen LogP contribution in [-0.4, -0.2) is 9.55 Å². The summed E-state index contributed by atoms with van der Waals surface area (Å²) in [4.78, 5) is 4.77. The third-order valence-electron chi connectivity index (χ3n) is 4.79. The first kappa shape index (κ1) is 16.3. The number of fused-ring (bicyclic) bond motifs is 3. The van der Waals surface area contributed by atoms with E-state index in [9.17, 15) is 4.39 Å². The van der Waals surface area contributed by atoms with Crippen LogP contribution in [0, 0.1) is 5.82 Å². The van der Waals surface area contributed by atoms with Gasteiger partial charge in [-0.2, -0.15) is 0 Å². The fourth-order valence-corrected chi connectivity index (χ4v) is 3.96. The molecule has 1 unspecified atom stereocenters. The Labute approximate surface area is 164 Å². The van der Waals surface area contributed by atoms with Gasteiger partial charge in [0.2, 0.25) is 5.95 Å². The molecule has 4 aromatic rings. The van der Waals surface area contributed by atoms with Gasteiger partial charge >= 0.3 is 0 Å². The third kappa shape index (κ3) is 2.84. The number of allylic oxidation sites excluding steroid dienone is 1. The Bertz CT molecular complexity index is 1180. The number of halogens is 2. The highest BCUT2D eigenvalue weighted by Gasteiger charge is 2.25. The zero-order chi connectivity index (χ0) is 18.4. The van der Waals surface area contributed by atoms with Crippen molar-refractivity contribution in [3.63, 3.8) is 0 Å². The number of hydrogen-bond acceptors (Lipinski definition) is 2. The van der Waals surface area contributed by atoms with Crippen LogP contribution in [0.2, 0.25) is 0 Å². The van der Waals surface area contributed by atoms with Crippen molar-refractivity contribution in [1.82, 2.24) is 9.55 Å². The smallest absolute Gasteiger partial charge is 0.209 e.